The molecule has 0 aliphatic carbocycles. The number of ether oxygens (including phenoxy) is 1. The van der Waals surface area contributed by atoms with Gasteiger partial charge in [0.2, 0.25) is 11.8 Å². The first-order valence-electron chi connectivity index (χ1n) is 6.46. The minimum atomic E-state index is 0.523. The maximum absolute atomic E-state index is 5.72. The zero-order valence-electron chi connectivity index (χ0n) is 11.8. The fourth-order valence-electron chi connectivity index (χ4n) is 2.05. The normalized spacial score (nSPS) is 10.6. The van der Waals surface area contributed by atoms with Gasteiger partial charge in [-0.2, -0.15) is 4.98 Å². The molecule has 0 saturated heterocycles. The van der Waals surface area contributed by atoms with Gasteiger partial charge in [0.05, 0.1) is 7.11 Å². The number of hydrogen-bond donors (Lipinski definition) is 1. The van der Waals surface area contributed by atoms with Gasteiger partial charge in [-0.3, -0.25) is 4.57 Å². The van der Waals surface area contributed by atoms with Gasteiger partial charge in [-0.25, -0.2) is 9.97 Å². The molecule has 6 nitrogen and oxygen atoms in total. The number of nitrogens with two attached hydrogens (primary N) is 1. The largest absolute Gasteiger partial charge is 0.481 e. The molecule has 0 spiro atoms. The molecule has 0 saturated carbocycles. The number of hydrogen-bond acceptors (Lipinski definition) is 5. The average molecular weight is 281 g/mol. The Bertz CT molecular complexity index is 764. The molecule has 3 aromatic rings. The summed E-state index contributed by atoms with van der Waals surface area (Å²) < 4.78 is 7.01. The van der Waals surface area contributed by atoms with Crippen LogP contribution in [0.15, 0.2) is 42.7 Å². The second-order valence-electron chi connectivity index (χ2n) is 4.59. The van der Waals surface area contributed by atoms with Crippen molar-refractivity contribution in [2.45, 2.75) is 6.92 Å². The molecule has 21 heavy (non-hydrogen) atoms. The lowest BCUT2D eigenvalue weighted by Crippen LogP contribution is -2.05. The third kappa shape index (κ3) is 2.55. The summed E-state index contributed by atoms with van der Waals surface area (Å²) in [7, 11) is 1.58. The SMILES string of the molecule is COc1cc(C)nc(-n2ccnc2-c2ccc(N)cc2)n1. The van der Waals surface area contributed by atoms with E-state index in [4.69, 9.17) is 10.5 Å². The van der Waals surface area contributed by atoms with E-state index in [0.717, 1.165) is 17.1 Å². The minimum Gasteiger partial charge on any atom is -0.481 e. The first-order valence-corrected chi connectivity index (χ1v) is 6.46. The van der Waals surface area contributed by atoms with E-state index >= 15 is 0 Å². The van der Waals surface area contributed by atoms with E-state index in [1.54, 1.807) is 19.4 Å². The number of benzene rings is 1. The Labute approximate surface area is 122 Å². The summed E-state index contributed by atoms with van der Waals surface area (Å²) in [6, 6.07) is 9.30. The van der Waals surface area contributed by atoms with Gasteiger partial charge in [0.25, 0.3) is 0 Å². The molecular formula is C15H15N5O. The molecule has 3 rings (SSSR count). The highest BCUT2D eigenvalue weighted by atomic mass is 16.5. The van der Waals surface area contributed by atoms with Crippen molar-refractivity contribution >= 4 is 5.69 Å². The highest BCUT2D eigenvalue weighted by Crippen LogP contribution is 2.22. The van der Waals surface area contributed by atoms with Crippen LogP contribution < -0.4 is 10.5 Å². The third-order valence-corrected chi connectivity index (χ3v) is 3.05. The monoisotopic (exact) mass is 281 g/mol. The van der Waals surface area contributed by atoms with E-state index in [1.165, 1.54) is 0 Å². The fourth-order valence-corrected chi connectivity index (χ4v) is 2.05. The van der Waals surface area contributed by atoms with Crippen LogP contribution in [-0.2, 0) is 0 Å². The van der Waals surface area contributed by atoms with Crippen LogP contribution in [-0.4, -0.2) is 26.6 Å². The summed E-state index contributed by atoms with van der Waals surface area (Å²) in [5.74, 6) is 1.80. The summed E-state index contributed by atoms with van der Waals surface area (Å²) in [4.78, 5) is 13.2. The van der Waals surface area contributed by atoms with Gasteiger partial charge in [-0.1, -0.05) is 0 Å². The van der Waals surface area contributed by atoms with Crippen molar-refractivity contribution in [2.75, 3.05) is 12.8 Å². The molecule has 0 amide bonds. The van der Waals surface area contributed by atoms with Crippen LogP contribution in [0.1, 0.15) is 5.69 Å². The number of nitrogen functional groups attached to an aromatic ring is 1. The maximum atomic E-state index is 5.72. The van der Waals surface area contributed by atoms with Gasteiger partial charge >= 0.3 is 0 Å². The predicted molar refractivity (Wildman–Crippen MR) is 80.3 cm³/mol. The molecule has 0 fully saturated rings. The highest BCUT2D eigenvalue weighted by Gasteiger charge is 2.11. The van der Waals surface area contributed by atoms with E-state index in [-0.39, 0.29) is 0 Å². The second kappa shape index (κ2) is 5.24. The van der Waals surface area contributed by atoms with Gasteiger partial charge in [-0.05, 0) is 31.2 Å². The smallest absolute Gasteiger partial charge is 0.238 e. The molecule has 0 atom stereocenters. The Morgan fingerprint density at radius 2 is 1.90 bits per heavy atom. The van der Waals surface area contributed by atoms with Gasteiger partial charge < -0.3 is 10.5 Å². The standard InChI is InChI=1S/C15H15N5O/c1-10-9-13(21-2)19-15(18-10)20-8-7-17-14(20)11-3-5-12(16)6-4-11/h3-9H,16H2,1-2H3. The number of imidazole rings is 1. The van der Waals surface area contributed by atoms with Crippen LogP contribution in [0.25, 0.3) is 17.3 Å². The highest BCUT2D eigenvalue weighted by molar-refractivity contribution is 5.60. The molecule has 2 N–H and O–H groups in total. The summed E-state index contributed by atoms with van der Waals surface area (Å²) in [6.45, 7) is 1.90. The summed E-state index contributed by atoms with van der Waals surface area (Å²) in [5, 5.41) is 0. The Kier molecular flexibility index (Phi) is 3.27. The maximum Gasteiger partial charge on any atom is 0.238 e. The quantitative estimate of drug-likeness (QED) is 0.745. The molecule has 2 heterocycles. The van der Waals surface area contributed by atoms with Gasteiger partial charge in [0, 0.05) is 35.4 Å². The van der Waals surface area contributed by atoms with Crippen LogP contribution >= 0.6 is 0 Å². The van der Waals surface area contributed by atoms with Crippen molar-refractivity contribution in [1.29, 1.82) is 0 Å². The van der Waals surface area contributed by atoms with Gasteiger partial charge in [0.15, 0.2) is 0 Å². The fraction of sp³-hybridized carbons (Fsp3) is 0.133. The van der Waals surface area contributed by atoms with E-state index in [1.807, 2.05) is 42.0 Å². The predicted octanol–water partition coefficient (Wildman–Crippen LogP) is 2.23. The summed E-state index contributed by atoms with van der Waals surface area (Å²) >= 11 is 0. The lowest BCUT2D eigenvalue weighted by atomic mass is 10.2. The number of nitrogens with zero attached hydrogens (tertiary/aromatic N) is 4. The Hall–Kier alpha value is -2.89. The van der Waals surface area contributed by atoms with Crippen LogP contribution in [0.5, 0.6) is 5.88 Å². The molecule has 0 radical (unpaired) electrons. The number of anilines is 1. The lowest BCUT2D eigenvalue weighted by molar-refractivity contribution is 0.395. The minimum absolute atomic E-state index is 0.523. The zero-order chi connectivity index (χ0) is 14.8. The van der Waals surface area contributed by atoms with Gasteiger partial charge in [0.1, 0.15) is 5.82 Å². The van der Waals surface area contributed by atoms with Crippen molar-refractivity contribution in [3.63, 3.8) is 0 Å². The van der Waals surface area contributed by atoms with Crippen molar-refractivity contribution in [2.24, 2.45) is 0 Å². The van der Waals surface area contributed by atoms with Crippen LogP contribution in [0.2, 0.25) is 0 Å². The zero-order valence-corrected chi connectivity index (χ0v) is 11.8. The molecule has 106 valence electrons. The first kappa shape index (κ1) is 13.1. The molecule has 0 aliphatic rings. The van der Waals surface area contributed by atoms with Crippen molar-refractivity contribution < 1.29 is 4.74 Å². The van der Waals surface area contributed by atoms with Crippen LogP contribution in [0.4, 0.5) is 5.69 Å². The molecule has 0 aliphatic heterocycles. The number of aryl methyl sites for hydroxylation is 1. The van der Waals surface area contributed by atoms with Gasteiger partial charge in [-0.15, -0.1) is 0 Å². The lowest BCUT2D eigenvalue weighted by Gasteiger charge is -2.08. The third-order valence-electron chi connectivity index (χ3n) is 3.05. The number of rotatable bonds is 3. The van der Waals surface area contributed by atoms with E-state index < -0.39 is 0 Å². The summed E-state index contributed by atoms with van der Waals surface area (Å²) in [5.41, 5.74) is 8.20. The molecule has 6 heteroatoms. The Morgan fingerprint density at radius 3 is 2.62 bits per heavy atom. The molecule has 0 bridgehead atoms. The summed E-state index contributed by atoms with van der Waals surface area (Å²) in [6.07, 6.45) is 3.53. The number of methoxy groups -OCH3 is 1. The molecular weight excluding hydrogens is 266 g/mol. The average Bonchev–Trinajstić information content (AvgIpc) is 2.97. The molecule has 0 unspecified atom stereocenters. The van der Waals surface area contributed by atoms with Crippen molar-refractivity contribution in [1.82, 2.24) is 19.5 Å². The Morgan fingerprint density at radius 1 is 1.14 bits per heavy atom. The van der Waals surface area contributed by atoms with E-state index in [9.17, 15) is 0 Å². The molecule has 1 aromatic carbocycles. The van der Waals surface area contributed by atoms with Crippen molar-refractivity contribution in [3.8, 4) is 23.2 Å². The second-order valence-corrected chi connectivity index (χ2v) is 4.59. The van der Waals surface area contributed by atoms with Crippen LogP contribution in [0.3, 0.4) is 0 Å². The first-order chi connectivity index (χ1) is 10.2. The van der Waals surface area contributed by atoms with E-state index in [2.05, 4.69) is 15.0 Å². The van der Waals surface area contributed by atoms with Crippen LogP contribution in [0, 0.1) is 6.92 Å². The Balaban J connectivity index is 2.10. The van der Waals surface area contributed by atoms with Crippen molar-refractivity contribution in [3.05, 3.63) is 48.4 Å². The van der Waals surface area contributed by atoms with E-state index in [0.29, 0.717) is 17.5 Å². The number of aromatic nitrogens is 4. The topological polar surface area (TPSA) is 78.8 Å². The molecule has 2 aromatic heterocycles.